The quantitative estimate of drug-likeness (QED) is 0.642. The van der Waals surface area contributed by atoms with Crippen molar-refractivity contribution in [1.29, 1.82) is 0 Å². The molecule has 0 fully saturated rings. The fraction of sp³-hybridized carbons (Fsp3) is 0.182. The van der Waals surface area contributed by atoms with E-state index >= 15 is 0 Å². The summed E-state index contributed by atoms with van der Waals surface area (Å²) in [5.41, 5.74) is 1.23. The van der Waals surface area contributed by atoms with Gasteiger partial charge in [0.1, 0.15) is 0 Å². The average molecular weight is 174 g/mol. The van der Waals surface area contributed by atoms with E-state index in [-0.39, 0.29) is 0 Å². The fourth-order valence-corrected chi connectivity index (χ4v) is 0.954. The Labute approximate surface area is 78.9 Å². The molecule has 2 heteroatoms. The Morgan fingerprint density at radius 2 is 2.46 bits per heavy atom. The number of hydrogen-bond donors (Lipinski definition) is 0. The summed E-state index contributed by atoms with van der Waals surface area (Å²) in [6.45, 7) is 5.83. The molecule has 0 radical (unpaired) electrons. The standard InChI is InChI=1S/C11H14N2/c1-3-11(4-2)7-5-9-13-10-6-8-12-13/h3,5-10H,1,4H2,2H3/b9-5+,11-7+. The van der Waals surface area contributed by atoms with Crippen LogP contribution in [0.25, 0.3) is 6.20 Å². The van der Waals surface area contributed by atoms with E-state index in [0.29, 0.717) is 0 Å². The van der Waals surface area contributed by atoms with Gasteiger partial charge in [0.05, 0.1) is 0 Å². The summed E-state index contributed by atoms with van der Waals surface area (Å²) in [5, 5.41) is 4.04. The Morgan fingerprint density at radius 1 is 1.62 bits per heavy atom. The molecule has 0 aliphatic carbocycles. The number of aromatic nitrogens is 2. The molecule has 0 aromatic carbocycles. The molecule has 1 aromatic rings. The summed E-state index contributed by atoms with van der Waals surface area (Å²) >= 11 is 0. The molecule has 1 aromatic heterocycles. The van der Waals surface area contributed by atoms with Crippen molar-refractivity contribution in [1.82, 2.24) is 9.78 Å². The van der Waals surface area contributed by atoms with Crippen LogP contribution in [0.4, 0.5) is 0 Å². The second-order valence-corrected chi connectivity index (χ2v) is 2.63. The lowest BCUT2D eigenvalue weighted by Crippen LogP contribution is -1.83. The van der Waals surface area contributed by atoms with Crippen molar-refractivity contribution in [3.05, 3.63) is 48.8 Å². The number of hydrogen-bond acceptors (Lipinski definition) is 1. The molecule has 0 aliphatic rings. The van der Waals surface area contributed by atoms with Crippen LogP contribution in [-0.4, -0.2) is 9.78 Å². The topological polar surface area (TPSA) is 17.8 Å². The lowest BCUT2D eigenvalue weighted by molar-refractivity contribution is 0.935. The largest absolute Gasteiger partial charge is 0.248 e. The van der Waals surface area contributed by atoms with Gasteiger partial charge in [-0.3, -0.25) is 0 Å². The molecule has 1 rings (SSSR count). The van der Waals surface area contributed by atoms with Crippen LogP contribution in [0.1, 0.15) is 13.3 Å². The number of rotatable bonds is 4. The summed E-state index contributed by atoms with van der Waals surface area (Å²) in [5.74, 6) is 0. The van der Waals surface area contributed by atoms with Gasteiger partial charge in [-0.05, 0) is 24.1 Å². The van der Waals surface area contributed by atoms with Crippen molar-refractivity contribution in [3.63, 3.8) is 0 Å². The second-order valence-electron chi connectivity index (χ2n) is 2.63. The first-order valence-electron chi connectivity index (χ1n) is 4.35. The predicted molar refractivity (Wildman–Crippen MR) is 56.1 cm³/mol. The van der Waals surface area contributed by atoms with E-state index in [1.807, 2.05) is 36.7 Å². The lowest BCUT2D eigenvalue weighted by atomic mass is 10.2. The Kier molecular flexibility index (Phi) is 3.76. The minimum Gasteiger partial charge on any atom is -0.248 e. The highest BCUT2D eigenvalue weighted by molar-refractivity contribution is 5.31. The van der Waals surface area contributed by atoms with Gasteiger partial charge >= 0.3 is 0 Å². The molecule has 2 nitrogen and oxygen atoms in total. The molecule has 68 valence electrons. The van der Waals surface area contributed by atoms with E-state index in [1.165, 1.54) is 5.57 Å². The molecule has 0 saturated heterocycles. The highest BCUT2D eigenvalue weighted by Gasteiger charge is 1.82. The Hall–Kier alpha value is -1.57. The van der Waals surface area contributed by atoms with Crippen molar-refractivity contribution in [2.24, 2.45) is 0 Å². The SMILES string of the molecule is C=C/C(=C\C=C\n1cccn1)CC. The highest BCUT2D eigenvalue weighted by Crippen LogP contribution is 2.01. The molecule has 0 bridgehead atoms. The first-order valence-corrected chi connectivity index (χ1v) is 4.35. The zero-order valence-electron chi connectivity index (χ0n) is 7.85. The number of nitrogens with zero attached hydrogens (tertiary/aromatic N) is 2. The molecule has 0 spiro atoms. The van der Waals surface area contributed by atoms with E-state index in [9.17, 15) is 0 Å². The van der Waals surface area contributed by atoms with Gasteiger partial charge in [-0.2, -0.15) is 5.10 Å². The van der Waals surface area contributed by atoms with E-state index in [4.69, 9.17) is 0 Å². The summed E-state index contributed by atoms with van der Waals surface area (Å²) in [7, 11) is 0. The Morgan fingerprint density at radius 3 is 3.00 bits per heavy atom. The summed E-state index contributed by atoms with van der Waals surface area (Å²) < 4.78 is 1.76. The summed E-state index contributed by atoms with van der Waals surface area (Å²) in [4.78, 5) is 0. The average Bonchev–Trinajstić information content (AvgIpc) is 2.65. The first-order chi connectivity index (χ1) is 6.36. The van der Waals surface area contributed by atoms with Crippen LogP contribution in [-0.2, 0) is 0 Å². The van der Waals surface area contributed by atoms with Crippen LogP contribution < -0.4 is 0 Å². The third-order valence-corrected chi connectivity index (χ3v) is 1.74. The molecule has 0 aliphatic heterocycles. The van der Waals surface area contributed by atoms with Gasteiger partial charge in [0, 0.05) is 18.6 Å². The Balaban J connectivity index is 2.59. The maximum absolute atomic E-state index is 4.04. The maximum atomic E-state index is 4.04. The summed E-state index contributed by atoms with van der Waals surface area (Å²) in [6, 6.07) is 1.89. The van der Waals surface area contributed by atoms with Gasteiger partial charge in [0.15, 0.2) is 0 Å². The fourth-order valence-electron chi connectivity index (χ4n) is 0.954. The third kappa shape index (κ3) is 3.11. The normalized spacial score (nSPS) is 12.2. The van der Waals surface area contributed by atoms with E-state index in [2.05, 4.69) is 18.6 Å². The van der Waals surface area contributed by atoms with Crippen LogP contribution in [0.2, 0.25) is 0 Å². The lowest BCUT2D eigenvalue weighted by Gasteiger charge is -1.91. The van der Waals surface area contributed by atoms with Crippen LogP contribution in [0.3, 0.4) is 0 Å². The molecule has 0 saturated carbocycles. The van der Waals surface area contributed by atoms with Crippen LogP contribution in [0.15, 0.2) is 48.8 Å². The van der Waals surface area contributed by atoms with Crippen molar-refractivity contribution in [2.45, 2.75) is 13.3 Å². The van der Waals surface area contributed by atoms with Crippen molar-refractivity contribution in [3.8, 4) is 0 Å². The van der Waals surface area contributed by atoms with E-state index < -0.39 is 0 Å². The van der Waals surface area contributed by atoms with Gasteiger partial charge < -0.3 is 0 Å². The van der Waals surface area contributed by atoms with Crippen molar-refractivity contribution < 1.29 is 0 Å². The molecular weight excluding hydrogens is 160 g/mol. The molecule has 1 heterocycles. The first kappa shape index (κ1) is 9.52. The smallest absolute Gasteiger partial charge is 0.0493 e. The zero-order chi connectivity index (χ0) is 9.52. The van der Waals surface area contributed by atoms with Gasteiger partial charge in [-0.15, -0.1) is 0 Å². The van der Waals surface area contributed by atoms with Gasteiger partial charge in [-0.25, -0.2) is 4.68 Å². The molecular formula is C11H14N2. The van der Waals surface area contributed by atoms with Crippen molar-refractivity contribution >= 4 is 6.20 Å². The minimum atomic E-state index is 1.01. The minimum absolute atomic E-state index is 1.01. The Bertz CT molecular complexity index is 305. The van der Waals surface area contributed by atoms with Crippen LogP contribution in [0.5, 0.6) is 0 Å². The van der Waals surface area contributed by atoms with Crippen LogP contribution in [0, 0.1) is 0 Å². The zero-order valence-corrected chi connectivity index (χ0v) is 7.85. The van der Waals surface area contributed by atoms with Gasteiger partial charge in [-0.1, -0.05) is 25.7 Å². The third-order valence-electron chi connectivity index (χ3n) is 1.74. The maximum Gasteiger partial charge on any atom is 0.0493 e. The van der Waals surface area contributed by atoms with Gasteiger partial charge in [0.2, 0.25) is 0 Å². The van der Waals surface area contributed by atoms with Gasteiger partial charge in [0.25, 0.3) is 0 Å². The molecule has 0 amide bonds. The molecule has 0 N–H and O–H groups in total. The van der Waals surface area contributed by atoms with E-state index in [0.717, 1.165) is 6.42 Å². The molecule has 0 unspecified atom stereocenters. The van der Waals surface area contributed by atoms with Crippen molar-refractivity contribution in [2.75, 3.05) is 0 Å². The highest BCUT2D eigenvalue weighted by atomic mass is 15.2. The predicted octanol–water partition coefficient (Wildman–Crippen LogP) is 2.88. The monoisotopic (exact) mass is 174 g/mol. The summed E-state index contributed by atoms with van der Waals surface area (Å²) in [6.07, 6.45) is 12.4. The van der Waals surface area contributed by atoms with E-state index in [1.54, 1.807) is 10.9 Å². The van der Waals surface area contributed by atoms with Crippen LogP contribution >= 0.6 is 0 Å². The molecule has 13 heavy (non-hydrogen) atoms. The number of allylic oxidation sites excluding steroid dienone is 4. The second kappa shape index (κ2) is 5.14. The molecule has 0 atom stereocenters.